The highest BCUT2D eigenvalue weighted by Crippen LogP contribution is 2.37. The van der Waals surface area contributed by atoms with Crippen LogP contribution in [0.25, 0.3) is 11.0 Å². The fraction of sp³-hybridized carbons (Fsp3) is 0.300. The summed E-state index contributed by atoms with van der Waals surface area (Å²) >= 11 is 6.96. The molecule has 0 amide bonds. The average molecular weight is 515 g/mol. The van der Waals surface area contributed by atoms with Gasteiger partial charge in [-0.3, -0.25) is 4.79 Å². The van der Waals surface area contributed by atoms with Crippen molar-refractivity contribution in [1.82, 2.24) is 20.3 Å². The summed E-state index contributed by atoms with van der Waals surface area (Å²) in [4.78, 5) is 13.1. The van der Waals surface area contributed by atoms with Gasteiger partial charge in [-0.15, -0.1) is 11.7 Å². The van der Waals surface area contributed by atoms with Crippen molar-refractivity contribution < 1.29 is 9.53 Å². The van der Waals surface area contributed by atoms with E-state index in [0.717, 1.165) is 61.1 Å². The highest BCUT2D eigenvalue weighted by molar-refractivity contribution is 6.35. The van der Waals surface area contributed by atoms with Crippen LogP contribution in [0.5, 0.6) is 0 Å². The lowest BCUT2D eigenvalue weighted by atomic mass is 9.85. The molecule has 1 N–H and O–H groups in total. The van der Waals surface area contributed by atoms with Crippen LogP contribution in [0.3, 0.4) is 0 Å². The Kier molecular flexibility index (Phi) is 7.97. The summed E-state index contributed by atoms with van der Waals surface area (Å²) < 4.78 is 7.54. The van der Waals surface area contributed by atoms with Gasteiger partial charge in [-0.2, -0.15) is 0 Å². The Hall–Kier alpha value is -3.48. The number of fused-ring (bicyclic) bond motifs is 2. The van der Waals surface area contributed by atoms with Gasteiger partial charge in [0.05, 0.1) is 17.0 Å². The summed E-state index contributed by atoms with van der Waals surface area (Å²) in [5.74, 6) is -0.535. The van der Waals surface area contributed by atoms with Crippen LogP contribution in [0.2, 0.25) is 5.02 Å². The number of unbranched alkanes of at least 4 members (excludes halogenated alkanes) is 1. The molecule has 1 aromatic heterocycles. The van der Waals surface area contributed by atoms with Gasteiger partial charge in [0.1, 0.15) is 12.1 Å². The lowest BCUT2D eigenvalue weighted by molar-refractivity contribution is -0.145. The molecule has 1 aliphatic rings. The van der Waals surface area contributed by atoms with E-state index in [9.17, 15) is 4.79 Å². The van der Waals surface area contributed by atoms with E-state index in [2.05, 4.69) is 40.4 Å². The van der Waals surface area contributed by atoms with Crippen molar-refractivity contribution in [2.24, 2.45) is 0 Å². The molecule has 0 aliphatic carbocycles. The third-order valence-corrected chi connectivity index (χ3v) is 7.34. The zero-order valence-electron chi connectivity index (χ0n) is 20.8. The summed E-state index contributed by atoms with van der Waals surface area (Å²) in [6.45, 7) is 6.57. The first-order valence-electron chi connectivity index (χ1n) is 12.8. The van der Waals surface area contributed by atoms with Crippen LogP contribution in [0.15, 0.2) is 73.3 Å². The number of carbonyl (C=O) groups is 1. The molecule has 0 radical (unpaired) electrons. The minimum Gasteiger partial charge on any atom is -0.461 e. The Bertz CT molecular complexity index is 1400. The Morgan fingerprint density at radius 1 is 1.16 bits per heavy atom. The van der Waals surface area contributed by atoms with Gasteiger partial charge in [0, 0.05) is 19.0 Å². The number of aryl methyl sites for hydroxylation is 1. The van der Waals surface area contributed by atoms with Crippen molar-refractivity contribution >= 4 is 28.6 Å². The van der Waals surface area contributed by atoms with E-state index in [4.69, 9.17) is 16.3 Å². The monoisotopic (exact) mass is 514 g/mol. The summed E-state index contributed by atoms with van der Waals surface area (Å²) in [6.07, 6.45) is 4.92. The minimum absolute atomic E-state index is 0.178. The number of hydrogen-bond acceptors (Lipinski definition) is 5. The molecular formula is C30H31ClN4O2. The van der Waals surface area contributed by atoms with Gasteiger partial charge in [-0.05, 0) is 59.7 Å². The molecule has 37 heavy (non-hydrogen) atoms. The Morgan fingerprint density at radius 3 is 2.86 bits per heavy atom. The molecule has 4 aromatic rings. The molecule has 0 saturated carbocycles. The molecule has 0 saturated heterocycles. The van der Waals surface area contributed by atoms with Crippen molar-refractivity contribution in [3.8, 4) is 0 Å². The lowest BCUT2D eigenvalue weighted by Crippen LogP contribution is -2.24. The topological polar surface area (TPSA) is 69.0 Å². The molecule has 1 atom stereocenters. The second-order valence-electron chi connectivity index (χ2n) is 9.44. The molecule has 0 fully saturated rings. The van der Waals surface area contributed by atoms with Gasteiger partial charge in [0.15, 0.2) is 0 Å². The predicted molar refractivity (Wildman–Crippen MR) is 147 cm³/mol. The largest absolute Gasteiger partial charge is 0.461 e. The molecule has 2 heterocycles. The van der Waals surface area contributed by atoms with Crippen LogP contribution >= 0.6 is 11.6 Å². The van der Waals surface area contributed by atoms with E-state index in [0.29, 0.717) is 10.5 Å². The molecule has 1 unspecified atom stereocenters. The van der Waals surface area contributed by atoms with Gasteiger partial charge < -0.3 is 10.1 Å². The molecule has 0 spiro atoms. The van der Waals surface area contributed by atoms with Crippen LogP contribution in [0.1, 0.15) is 53.0 Å². The Balaban J connectivity index is 1.46. The second kappa shape index (κ2) is 11.7. The van der Waals surface area contributed by atoms with Gasteiger partial charge in [0.25, 0.3) is 0 Å². The smallest absolute Gasteiger partial charge is 0.307 e. The summed E-state index contributed by atoms with van der Waals surface area (Å²) in [6, 6.07) is 20.2. The normalized spacial score (nSPS) is 13.8. The number of allylic oxidation sites excluding steroid dienone is 1. The first kappa shape index (κ1) is 25.2. The molecule has 5 rings (SSSR count). The van der Waals surface area contributed by atoms with E-state index in [1.807, 2.05) is 53.2 Å². The van der Waals surface area contributed by atoms with Gasteiger partial charge in [-0.25, -0.2) is 4.68 Å². The highest BCUT2D eigenvalue weighted by Gasteiger charge is 2.25. The van der Waals surface area contributed by atoms with Gasteiger partial charge in [0.2, 0.25) is 0 Å². The van der Waals surface area contributed by atoms with Crippen molar-refractivity contribution in [1.29, 1.82) is 0 Å². The zero-order chi connectivity index (χ0) is 25.6. The number of nitrogens with zero attached hydrogens (tertiary/aromatic N) is 3. The number of esters is 1. The van der Waals surface area contributed by atoms with Crippen molar-refractivity contribution in [3.63, 3.8) is 0 Å². The first-order chi connectivity index (χ1) is 18.1. The van der Waals surface area contributed by atoms with Crippen LogP contribution in [-0.4, -0.2) is 27.5 Å². The number of ether oxygens (including phenoxy) is 1. The second-order valence-corrected chi connectivity index (χ2v) is 9.82. The third kappa shape index (κ3) is 5.76. The van der Waals surface area contributed by atoms with Crippen LogP contribution in [0, 0.1) is 0 Å². The van der Waals surface area contributed by atoms with Gasteiger partial charge >= 0.3 is 5.97 Å². The van der Waals surface area contributed by atoms with Crippen LogP contribution in [-0.2, 0) is 35.6 Å². The van der Waals surface area contributed by atoms with E-state index < -0.39 is 0 Å². The molecule has 0 bridgehead atoms. The molecular weight excluding hydrogens is 484 g/mol. The number of aromatic nitrogens is 3. The molecule has 7 heteroatoms. The first-order valence-corrected chi connectivity index (χ1v) is 13.2. The van der Waals surface area contributed by atoms with Gasteiger partial charge in [-0.1, -0.05) is 77.5 Å². The average Bonchev–Trinajstić information content (AvgIpc) is 3.35. The SMILES string of the molecule is C=CCCCn1nnc2c(Cl)c(C(CC(=O)OCc3ccccc3)c3ccc4c(c3)CNCC4)ccc21. The molecule has 6 nitrogen and oxygen atoms in total. The number of rotatable bonds is 10. The zero-order valence-corrected chi connectivity index (χ0v) is 21.6. The van der Waals surface area contributed by atoms with E-state index in [1.165, 1.54) is 11.1 Å². The fourth-order valence-corrected chi connectivity index (χ4v) is 5.26. The molecule has 3 aromatic carbocycles. The number of nitrogens with one attached hydrogen (secondary N) is 1. The van der Waals surface area contributed by atoms with Crippen molar-refractivity contribution in [2.75, 3.05) is 6.54 Å². The van der Waals surface area contributed by atoms with Crippen LogP contribution in [0.4, 0.5) is 0 Å². The highest BCUT2D eigenvalue weighted by atomic mass is 35.5. The maximum Gasteiger partial charge on any atom is 0.307 e. The third-order valence-electron chi connectivity index (χ3n) is 6.94. The lowest BCUT2D eigenvalue weighted by Gasteiger charge is -2.23. The standard InChI is InChI=1S/C30H31ClN4O2/c1-2-3-7-16-35-27-13-12-25(29(31)30(27)33-34-35)26(18-28(36)37-20-21-8-5-4-6-9-21)23-11-10-22-14-15-32-19-24(22)17-23/h2,4-6,8-13,17,26,32H,1,3,7,14-16,18-20H2. The number of carbonyl (C=O) groups excluding carboxylic acids is 1. The Labute approximate surface area is 222 Å². The van der Waals surface area contributed by atoms with E-state index in [1.54, 1.807) is 0 Å². The Morgan fingerprint density at radius 2 is 2.03 bits per heavy atom. The van der Waals surface area contributed by atoms with E-state index >= 15 is 0 Å². The van der Waals surface area contributed by atoms with Crippen LogP contribution < -0.4 is 5.32 Å². The summed E-state index contributed by atoms with van der Waals surface area (Å²) in [5.41, 5.74) is 7.00. The maximum absolute atomic E-state index is 13.1. The fourth-order valence-electron chi connectivity index (χ4n) is 4.93. The quantitative estimate of drug-likeness (QED) is 0.160. The molecule has 1 aliphatic heterocycles. The van der Waals surface area contributed by atoms with Crippen molar-refractivity contribution in [2.45, 2.75) is 51.3 Å². The summed E-state index contributed by atoms with van der Waals surface area (Å²) in [5, 5.41) is 12.7. The minimum atomic E-state index is -0.269. The van der Waals surface area contributed by atoms with Crippen molar-refractivity contribution in [3.05, 3.63) is 106 Å². The number of halogens is 1. The number of benzene rings is 3. The predicted octanol–water partition coefficient (Wildman–Crippen LogP) is 5.96. The summed E-state index contributed by atoms with van der Waals surface area (Å²) in [7, 11) is 0. The van der Waals surface area contributed by atoms with E-state index in [-0.39, 0.29) is 24.9 Å². The maximum atomic E-state index is 13.1. The number of hydrogen-bond donors (Lipinski definition) is 1. The molecule has 190 valence electrons.